The number of carboxylic acids is 1. The van der Waals surface area contributed by atoms with Crippen LogP contribution in [0.3, 0.4) is 0 Å². The van der Waals surface area contributed by atoms with E-state index in [1.54, 1.807) is 12.1 Å². The van der Waals surface area contributed by atoms with Gasteiger partial charge in [-0.15, -0.1) is 0 Å². The van der Waals surface area contributed by atoms with Gasteiger partial charge in [0.05, 0.1) is 5.69 Å². The van der Waals surface area contributed by atoms with Gasteiger partial charge in [-0.2, -0.15) is 0 Å². The molecule has 0 spiro atoms. The molecule has 2 heterocycles. The van der Waals surface area contributed by atoms with Gasteiger partial charge in [0.25, 0.3) is 5.91 Å². The van der Waals surface area contributed by atoms with Crippen molar-refractivity contribution in [3.63, 3.8) is 0 Å². The van der Waals surface area contributed by atoms with Crippen molar-refractivity contribution in [1.82, 2.24) is 4.90 Å². The Morgan fingerprint density at radius 1 is 1.25 bits per heavy atom. The summed E-state index contributed by atoms with van der Waals surface area (Å²) in [5, 5.41) is 9.15. The first-order valence-electron chi connectivity index (χ1n) is 6.47. The second-order valence-corrected chi connectivity index (χ2v) is 5.10. The van der Waals surface area contributed by atoms with Crippen molar-refractivity contribution in [2.75, 3.05) is 4.90 Å². The van der Waals surface area contributed by atoms with Crippen LogP contribution in [-0.2, 0) is 9.59 Å². The number of amides is 3. The number of carboxylic acid groups (broad SMARTS) is 1. The molecule has 2 unspecified atom stereocenters. The third-order valence-corrected chi connectivity index (χ3v) is 3.94. The number of para-hydroxylation sites is 1. The van der Waals surface area contributed by atoms with Crippen molar-refractivity contribution in [3.05, 3.63) is 29.8 Å². The summed E-state index contributed by atoms with van der Waals surface area (Å²) in [5.41, 5.74) is 1.34. The summed E-state index contributed by atoms with van der Waals surface area (Å²) in [6, 6.07) is 5.02. The number of rotatable bonds is 2. The highest BCUT2D eigenvalue weighted by molar-refractivity contribution is 6.22. The number of nitrogens with zero attached hydrogens (tertiary/aromatic N) is 2. The number of hydrogen-bond donors (Lipinski definition) is 1. The molecule has 2 atom stereocenters. The summed E-state index contributed by atoms with van der Waals surface area (Å²) in [6.45, 7) is 1.81. The maximum absolute atomic E-state index is 12.4. The lowest BCUT2D eigenvalue weighted by molar-refractivity contribution is -0.141. The number of benzene rings is 1. The maximum Gasteiger partial charge on any atom is 0.332 e. The summed E-state index contributed by atoms with van der Waals surface area (Å²) in [6.07, 6.45) is 0.739. The number of fused-ring (bicyclic) bond motifs is 1. The number of carbonyl (C=O) groups excluding carboxylic acids is 2. The van der Waals surface area contributed by atoms with E-state index < -0.39 is 24.1 Å². The van der Waals surface area contributed by atoms with Crippen molar-refractivity contribution in [1.29, 1.82) is 0 Å². The van der Waals surface area contributed by atoms with E-state index in [2.05, 4.69) is 0 Å². The minimum atomic E-state index is -1.06. The Bertz CT molecular complexity index is 613. The van der Waals surface area contributed by atoms with Crippen LogP contribution in [0, 0.1) is 6.92 Å². The van der Waals surface area contributed by atoms with Crippen LogP contribution in [0.5, 0.6) is 0 Å². The normalized spacial score (nSPS) is 25.2. The molecule has 0 saturated carbocycles. The zero-order valence-electron chi connectivity index (χ0n) is 10.9. The first-order chi connectivity index (χ1) is 9.52. The molecule has 2 fully saturated rings. The lowest BCUT2D eigenvalue weighted by Crippen LogP contribution is -2.42. The molecule has 1 aromatic rings. The fourth-order valence-electron chi connectivity index (χ4n) is 2.96. The number of urea groups is 1. The first kappa shape index (κ1) is 12.7. The van der Waals surface area contributed by atoms with Gasteiger partial charge in [0.2, 0.25) is 0 Å². The van der Waals surface area contributed by atoms with Crippen LogP contribution in [0.15, 0.2) is 24.3 Å². The molecule has 2 aliphatic heterocycles. The van der Waals surface area contributed by atoms with Crippen LogP contribution in [0.2, 0.25) is 0 Å². The zero-order valence-corrected chi connectivity index (χ0v) is 10.9. The summed E-state index contributed by atoms with van der Waals surface area (Å²) >= 11 is 0. The third kappa shape index (κ3) is 1.61. The standard InChI is InChI=1S/C14H14N2O4/c1-8-4-2-3-5-9(8)16-12(17)10-6-7-11(13(18)19)15(10)14(16)20/h2-5,10-11H,6-7H2,1H3,(H,18,19). The number of aryl methyl sites for hydroxylation is 1. The highest BCUT2D eigenvalue weighted by Crippen LogP contribution is 2.36. The van der Waals surface area contributed by atoms with Crippen molar-refractivity contribution >= 4 is 23.6 Å². The summed E-state index contributed by atoms with van der Waals surface area (Å²) in [4.78, 5) is 38.3. The Labute approximate surface area is 115 Å². The van der Waals surface area contributed by atoms with E-state index in [9.17, 15) is 14.4 Å². The van der Waals surface area contributed by atoms with E-state index in [1.807, 2.05) is 19.1 Å². The van der Waals surface area contributed by atoms with Gasteiger partial charge in [0.1, 0.15) is 12.1 Å². The van der Waals surface area contributed by atoms with Crippen molar-refractivity contribution in [2.24, 2.45) is 0 Å². The second-order valence-electron chi connectivity index (χ2n) is 5.10. The Morgan fingerprint density at radius 2 is 1.95 bits per heavy atom. The average Bonchev–Trinajstić information content (AvgIpc) is 2.93. The molecule has 1 N–H and O–H groups in total. The third-order valence-electron chi connectivity index (χ3n) is 3.94. The van der Waals surface area contributed by atoms with Crippen LogP contribution in [0.1, 0.15) is 18.4 Å². The molecule has 20 heavy (non-hydrogen) atoms. The van der Waals surface area contributed by atoms with Crippen molar-refractivity contribution < 1.29 is 19.5 Å². The monoisotopic (exact) mass is 274 g/mol. The molecular formula is C14H14N2O4. The van der Waals surface area contributed by atoms with Gasteiger partial charge < -0.3 is 5.11 Å². The van der Waals surface area contributed by atoms with Gasteiger partial charge in [-0.3, -0.25) is 9.69 Å². The van der Waals surface area contributed by atoms with Crippen LogP contribution < -0.4 is 4.90 Å². The van der Waals surface area contributed by atoms with Crippen molar-refractivity contribution in [3.8, 4) is 0 Å². The van der Waals surface area contributed by atoms with Gasteiger partial charge in [-0.1, -0.05) is 18.2 Å². The van der Waals surface area contributed by atoms with Crippen LogP contribution in [0.25, 0.3) is 0 Å². The van der Waals surface area contributed by atoms with Gasteiger partial charge >= 0.3 is 12.0 Å². The lowest BCUT2D eigenvalue weighted by Gasteiger charge is -2.20. The van der Waals surface area contributed by atoms with Crippen LogP contribution in [-0.4, -0.2) is 40.0 Å². The highest BCUT2D eigenvalue weighted by atomic mass is 16.4. The molecule has 6 nitrogen and oxygen atoms in total. The SMILES string of the molecule is Cc1ccccc1N1C(=O)C2CCC(C(=O)O)N2C1=O. The Morgan fingerprint density at radius 3 is 2.60 bits per heavy atom. The fourth-order valence-corrected chi connectivity index (χ4v) is 2.96. The smallest absolute Gasteiger partial charge is 0.332 e. The molecular weight excluding hydrogens is 260 g/mol. The Hall–Kier alpha value is -2.37. The van der Waals surface area contributed by atoms with Gasteiger partial charge in [-0.05, 0) is 31.4 Å². The number of hydrogen-bond acceptors (Lipinski definition) is 3. The van der Waals surface area contributed by atoms with E-state index in [0.29, 0.717) is 18.5 Å². The van der Waals surface area contributed by atoms with Crippen LogP contribution in [0.4, 0.5) is 10.5 Å². The fraction of sp³-hybridized carbons (Fsp3) is 0.357. The molecule has 0 aromatic heterocycles. The number of aliphatic carboxylic acids is 1. The lowest BCUT2D eigenvalue weighted by atomic mass is 10.1. The van der Waals surface area contributed by atoms with Crippen molar-refractivity contribution in [2.45, 2.75) is 31.8 Å². The Kier molecular flexibility index (Phi) is 2.74. The predicted octanol–water partition coefficient (Wildman–Crippen LogP) is 1.38. The summed E-state index contributed by atoms with van der Waals surface area (Å²) < 4.78 is 0. The molecule has 104 valence electrons. The second kappa shape index (κ2) is 4.33. The first-order valence-corrected chi connectivity index (χ1v) is 6.47. The Balaban J connectivity index is 2.01. The summed E-state index contributed by atoms with van der Waals surface area (Å²) in [7, 11) is 0. The molecule has 0 bridgehead atoms. The molecule has 2 aliphatic rings. The topological polar surface area (TPSA) is 77.9 Å². The molecule has 2 saturated heterocycles. The number of anilines is 1. The van der Waals surface area contributed by atoms with E-state index in [4.69, 9.17) is 5.11 Å². The molecule has 0 aliphatic carbocycles. The minimum absolute atomic E-state index is 0.326. The molecule has 3 amide bonds. The summed E-state index contributed by atoms with van der Waals surface area (Å²) in [5.74, 6) is -1.38. The van der Waals surface area contributed by atoms with E-state index in [0.717, 1.165) is 10.5 Å². The maximum atomic E-state index is 12.4. The van der Waals surface area contributed by atoms with Crippen LogP contribution >= 0.6 is 0 Å². The van der Waals surface area contributed by atoms with Gasteiger partial charge in [0, 0.05) is 0 Å². The highest BCUT2D eigenvalue weighted by Gasteiger charge is 2.54. The number of imide groups is 1. The molecule has 3 rings (SSSR count). The number of carbonyl (C=O) groups is 3. The largest absolute Gasteiger partial charge is 0.480 e. The van der Waals surface area contributed by atoms with E-state index in [1.165, 1.54) is 4.90 Å². The predicted molar refractivity (Wildman–Crippen MR) is 70.3 cm³/mol. The zero-order chi connectivity index (χ0) is 14.4. The average molecular weight is 274 g/mol. The van der Waals surface area contributed by atoms with Gasteiger partial charge in [-0.25, -0.2) is 14.5 Å². The quantitative estimate of drug-likeness (QED) is 0.826. The molecule has 1 aromatic carbocycles. The molecule has 0 radical (unpaired) electrons. The minimum Gasteiger partial charge on any atom is -0.480 e. The van der Waals surface area contributed by atoms with Gasteiger partial charge in [0.15, 0.2) is 0 Å². The van der Waals surface area contributed by atoms with E-state index >= 15 is 0 Å². The molecule has 6 heteroatoms. The van der Waals surface area contributed by atoms with E-state index in [-0.39, 0.29) is 5.91 Å².